The van der Waals surface area contributed by atoms with Crippen molar-refractivity contribution in [1.29, 1.82) is 0 Å². The van der Waals surface area contributed by atoms with E-state index in [1.54, 1.807) is 49.8 Å². The number of nitrogens with zero attached hydrogens (tertiary/aromatic N) is 11. The van der Waals surface area contributed by atoms with Gasteiger partial charge >= 0.3 is 11.9 Å². The molecule has 5 aliphatic rings. The number of hydrogen-bond donors (Lipinski definition) is 6. The van der Waals surface area contributed by atoms with E-state index < -0.39 is 17.2 Å². The van der Waals surface area contributed by atoms with Gasteiger partial charge in [0.25, 0.3) is 5.91 Å². The average Bonchev–Trinajstić information content (AvgIpc) is 1.14. The number of carbonyl (C=O) groups excluding carboxylic acids is 4. The Morgan fingerprint density at radius 1 is 0.606 bits per heavy atom. The summed E-state index contributed by atoms with van der Waals surface area (Å²) >= 11 is 16.6. The number of aromatic nitrogens is 4. The number of likely N-dealkylation sites (N-methyl/N-ethyl adjacent to an activating group) is 3. The summed E-state index contributed by atoms with van der Waals surface area (Å²) in [6.07, 6.45) is 10.2. The normalized spacial score (nSPS) is 17.1. The number of methoxy groups -OCH3 is 2. The molecule has 0 saturated carbocycles. The van der Waals surface area contributed by atoms with Gasteiger partial charge in [0, 0.05) is 110 Å². The van der Waals surface area contributed by atoms with Crippen LogP contribution in [0.5, 0.6) is 11.8 Å². The number of nitrogens with two attached hydrogens (primary N) is 1. The smallest absolute Gasteiger partial charge is 0.335 e. The molecule has 508 valence electrons. The number of rotatable bonds is 17. The first-order valence-electron chi connectivity index (χ1n) is 30.3. The van der Waals surface area contributed by atoms with Crippen LogP contribution in [0.4, 0.5) is 34.1 Å². The van der Waals surface area contributed by atoms with Gasteiger partial charge in [-0.15, -0.1) is 12.4 Å². The van der Waals surface area contributed by atoms with Crippen LogP contribution in [0.3, 0.4) is 0 Å². The van der Waals surface area contributed by atoms with E-state index in [1.807, 2.05) is 24.1 Å². The monoisotopic (exact) mass is 1380 g/mol. The zero-order chi connectivity index (χ0) is 67.7. The highest BCUT2D eigenvalue weighted by Crippen LogP contribution is 2.33. The molecule has 5 aliphatic heterocycles. The summed E-state index contributed by atoms with van der Waals surface area (Å²) in [6, 6.07) is 15.1. The van der Waals surface area contributed by atoms with Gasteiger partial charge in [-0.25, -0.2) is 19.6 Å². The molecule has 0 radical (unpaired) electrons. The molecular formula is C65H85Cl4N15O10. The predicted molar refractivity (Wildman–Crippen MR) is 372 cm³/mol. The fourth-order valence-corrected chi connectivity index (χ4v) is 10.9. The molecule has 7 heterocycles. The number of likely N-dealkylation sites (tertiary alicyclic amines) is 1. The van der Waals surface area contributed by atoms with E-state index >= 15 is 0 Å². The minimum Gasteiger partial charge on any atom is -0.480 e. The minimum atomic E-state index is -0.980. The molecule has 5 aromatic rings. The van der Waals surface area contributed by atoms with Crippen LogP contribution < -0.4 is 45.9 Å². The Labute approximate surface area is 570 Å². The molecule has 25 nitrogen and oxygen atoms in total. The van der Waals surface area contributed by atoms with Crippen LogP contribution in [0.1, 0.15) is 55.6 Å². The highest BCUT2D eigenvalue weighted by Gasteiger charge is 2.30. The van der Waals surface area contributed by atoms with Crippen molar-refractivity contribution in [2.75, 3.05) is 171 Å². The summed E-state index contributed by atoms with van der Waals surface area (Å²) in [5.41, 5.74) is 11.4. The van der Waals surface area contributed by atoms with Gasteiger partial charge in [-0.1, -0.05) is 42.9 Å². The second kappa shape index (κ2) is 38.3. The van der Waals surface area contributed by atoms with Gasteiger partial charge < -0.3 is 75.7 Å². The molecule has 7 N–H and O–H groups in total. The number of nitrogens with one attached hydrogen (secondary N) is 3. The van der Waals surface area contributed by atoms with Gasteiger partial charge in [0.2, 0.25) is 28.8 Å². The Balaban J connectivity index is 0.000000233. The van der Waals surface area contributed by atoms with Crippen molar-refractivity contribution >= 4 is 116 Å². The summed E-state index contributed by atoms with van der Waals surface area (Å²) in [6.45, 7) is 24.0. The molecule has 29 heteroatoms. The number of amides is 3. The summed E-state index contributed by atoms with van der Waals surface area (Å²) in [5.74, 6) is 0.692. The van der Waals surface area contributed by atoms with Gasteiger partial charge in [0.05, 0.1) is 71.9 Å². The van der Waals surface area contributed by atoms with Crippen LogP contribution in [0.25, 0.3) is 0 Å². The second-order valence-corrected chi connectivity index (χ2v) is 23.8. The van der Waals surface area contributed by atoms with E-state index in [2.05, 4.69) is 99.1 Å². The number of halogens is 4. The van der Waals surface area contributed by atoms with E-state index in [9.17, 15) is 28.8 Å². The number of benzene rings is 3. The number of aromatic carboxylic acids is 2. The van der Waals surface area contributed by atoms with Crippen molar-refractivity contribution < 1.29 is 48.5 Å². The molecule has 0 unspecified atom stereocenters. The van der Waals surface area contributed by atoms with Crippen molar-refractivity contribution in [3.05, 3.63) is 143 Å². The fraction of sp³-hybridized carbons (Fsp3) is 0.415. The van der Waals surface area contributed by atoms with Crippen LogP contribution in [-0.4, -0.2) is 225 Å². The van der Waals surface area contributed by atoms with Gasteiger partial charge in [0.15, 0.2) is 0 Å². The SMILES string of the molecule is C=CC(=O)Cl.C=CC(=O)Nc1ccc(C(=O)N2CC[C@@H](Cc3ncc(Cl)c(OC)n3)C2)cc1N1CCN(C)CC1.C=CC(=O)Nc1ccc(C(=O)O)cc1N1CCN(C)CC1.CN1CCN(c2cc(C(=O)O)ccc2N)CC1.COc1nc(C[C@@H]2CCNC2)ncc1Cl.Cl. The van der Waals surface area contributed by atoms with Gasteiger partial charge in [0.1, 0.15) is 21.7 Å². The van der Waals surface area contributed by atoms with E-state index in [0.717, 1.165) is 133 Å². The molecule has 10 rings (SSSR count). The lowest BCUT2D eigenvalue weighted by Crippen LogP contribution is -2.44. The van der Waals surface area contributed by atoms with E-state index in [4.69, 9.17) is 60.2 Å². The Morgan fingerprint density at radius 3 is 1.41 bits per heavy atom. The topological polar surface area (TPSA) is 298 Å². The maximum atomic E-state index is 13.4. The standard InChI is InChI=1S/C25H31ClN6O3.C15H19N3O3.C12H17N3O2.C10H14ClN3O.C3H3ClO.ClH/c1-4-23(33)28-20-6-5-18(14-21(20)31-11-9-30(2)10-12-31)25(34)32-8-7-17(16-32)13-22-27-15-19(26)24(29-22)35-3;1-3-14(19)16-12-5-4-11(15(20)21)10-13(12)18-8-6-17(2)7-9-18;1-14-4-6-15(7-5-14)11-8-9(12(16)17)2-3-10(11)13;1-15-10-8(11)6-13-9(14-10)4-7-2-3-12-5-7;1-2-3(4)5;/h4-6,14-15,17H,1,7-13,16H2,2-3H3,(H,28,33);3-5,10H,1,6-9H2,2H3,(H,16,19)(H,20,21);2-3,8H,4-7,13H2,1H3,(H,16,17);6-7,12H,2-5H2,1H3;2H,1H2;1H/t17-;;;7-;;/m0..0../s1. The number of nitrogen functional groups attached to an aromatic ring is 1. The Bertz CT molecular complexity index is 3410. The molecule has 0 aliphatic carbocycles. The molecule has 3 aromatic carbocycles. The number of carbonyl (C=O) groups is 6. The summed E-state index contributed by atoms with van der Waals surface area (Å²) in [5, 5.41) is 27.4. The lowest BCUT2D eigenvalue weighted by Gasteiger charge is -2.35. The number of piperazine rings is 3. The van der Waals surface area contributed by atoms with Crippen LogP contribution >= 0.6 is 47.2 Å². The van der Waals surface area contributed by atoms with Crippen molar-refractivity contribution in [2.45, 2.75) is 25.7 Å². The third-order valence-corrected chi connectivity index (χ3v) is 16.6. The average molecular weight is 1380 g/mol. The van der Waals surface area contributed by atoms with Gasteiger partial charge in [-0.05, 0) is 143 Å². The molecule has 94 heavy (non-hydrogen) atoms. The molecule has 2 aromatic heterocycles. The van der Waals surface area contributed by atoms with E-state index in [1.165, 1.54) is 37.8 Å². The second-order valence-electron chi connectivity index (χ2n) is 22.6. The number of hydrogen-bond acceptors (Lipinski definition) is 20. The van der Waals surface area contributed by atoms with E-state index in [-0.39, 0.29) is 47.2 Å². The molecule has 0 spiro atoms. The van der Waals surface area contributed by atoms with Crippen LogP contribution in [0.2, 0.25) is 10.0 Å². The molecule has 5 fully saturated rings. The zero-order valence-corrected chi connectivity index (χ0v) is 56.8. The highest BCUT2D eigenvalue weighted by atomic mass is 35.5. The third kappa shape index (κ3) is 23.4. The number of anilines is 6. The molecule has 2 atom stereocenters. The van der Waals surface area contributed by atoms with Gasteiger partial charge in [-0.2, -0.15) is 9.97 Å². The number of carboxylic acids is 2. The third-order valence-electron chi connectivity index (χ3n) is 15.9. The number of ether oxygens (including phenoxy) is 2. The first-order chi connectivity index (χ1) is 44.5. The maximum Gasteiger partial charge on any atom is 0.335 e. The maximum absolute atomic E-state index is 13.4. The van der Waals surface area contributed by atoms with E-state index in [0.29, 0.717) is 75.7 Å². The summed E-state index contributed by atoms with van der Waals surface area (Å²) < 4.78 is 10.2. The highest BCUT2D eigenvalue weighted by molar-refractivity contribution is 6.66. The quantitative estimate of drug-likeness (QED) is 0.0301. The predicted octanol–water partition coefficient (Wildman–Crippen LogP) is 7.35. The molecular weight excluding hydrogens is 1290 g/mol. The largest absolute Gasteiger partial charge is 0.480 e. The van der Waals surface area contributed by atoms with Crippen molar-refractivity contribution in [3.63, 3.8) is 0 Å². The summed E-state index contributed by atoms with van der Waals surface area (Å²) in [7, 11) is 9.31. The Morgan fingerprint density at radius 2 is 1.01 bits per heavy atom. The van der Waals surface area contributed by atoms with Gasteiger partial charge in [-0.3, -0.25) is 19.2 Å². The zero-order valence-electron chi connectivity index (χ0n) is 53.7. The van der Waals surface area contributed by atoms with Crippen LogP contribution in [-0.2, 0) is 27.2 Å². The van der Waals surface area contributed by atoms with Crippen molar-refractivity contribution in [1.82, 2.24) is 44.9 Å². The van der Waals surface area contributed by atoms with Crippen molar-refractivity contribution in [2.24, 2.45) is 11.8 Å². The van der Waals surface area contributed by atoms with Crippen LogP contribution in [0, 0.1) is 11.8 Å². The minimum absolute atomic E-state index is 0. The Hall–Kier alpha value is -8.14. The van der Waals surface area contributed by atoms with Crippen LogP contribution in [0.15, 0.2) is 105 Å². The number of allylic oxidation sites excluding steroid dienone is 1. The lowest BCUT2D eigenvalue weighted by molar-refractivity contribution is -0.112. The first-order valence-corrected chi connectivity index (χ1v) is 31.4. The molecule has 5 saturated heterocycles. The molecule has 3 amide bonds. The van der Waals surface area contributed by atoms with Crippen molar-refractivity contribution in [3.8, 4) is 11.8 Å². The lowest BCUT2D eigenvalue weighted by atomic mass is 10.0. The first kappa shape index (κ1) is 76.6. The Kier molecular flexibility index (Phi) is 31.2. The summed E-state index contributed by atoms with van der Waals surface area (Å²) in [4.78, 5) is 101. The molecule has 0 bridgehead atoms. The number of carboxylic acid groups (broad SMARTS) is 2. The fourth-order valence-electron chi connectivity index (χ4n) is 10.6.